The smallest absolute Gasteiger partial charge is 0.255 e. The van der Waals surface area contributed by atoms with Crippen LogP contribution in [0.15, 0.2) is 78.4 Å². The van der Waals surface area contributed by atoms with Gasteiger partial charge in [-0.1, -0.05) is 48.5 Å². The minimum Gasteiger partial charge on any atom is -0.341 e. The summed E-state index contributed by atoms with van der Waals surface area (Å²) in [6.45, 7) is 6.51. The zero-order valence-corrected chi connectivity index (χ0v) is 17.2. The summed E-state index contributed by atoms with van der Waals surface area (Å²) in [4.78, 5) is 27.4. The molecule has 6 heteroatoms. The number of amides is 1. The van der Waals surface area contributed by atoms with Crippen molar-refractivity contribution in [1.29, 1.82) is 0 Å². The molecule has 0 fully saturated rings. The van der Waals surface area contributed by atoms with E-state index in [0.717, 1.165) is 5.56 Å². The molecule has 0 saturated heterocycles. The van der Waals surface area contributed by atoms with Crippen LogP contribution in [0.2, 0.25) is 5.02 Å². The van der Waals surface area contributed by atoms with Crippen LogP contribution in [0.5, 0.6) is 0 Å². The Morgan fingerprint density at radius 2 is 1.87 bits per heavy atom. The summed E-state index contributed by atoms with van der Waals surface area (Å²) in [5.74, 6) is -0.325. The van der Waals surface area contributed by atoms with Crippen LogP contribution in [-0.2, 0) is 6.54 Å². The van der Waals surface area contributed by atoms with Crippen LogP contribution in [-0.4, -0.2) is 15.4 Å². The van der Waals surface area contributed by atoms with Gasteiger partial charge in [-0.25, -0.2) is 0 Å². The molecule has 1 N–H and O–H groups in total. The maximum atomic E-state index is 12.9. The monoisotopic (exact) mass is 417 g/mol. The van der Waals surface area contributed by atoms with E-state index >= 15 is 0 Å². The number of aromatic nitrogens is 1. The van der Waals surface area contributed by atoms with E-state index in [0.29, 0.717) is 34.1 Å². The van der Waals surface area contributed by atoms with Crippen molar-refractivity contribution < 1.29 is 4.79 Å². The first kappa shape index (κ1) is 19.7. The van der Waals surface area contributed by atoms with Gasteiger partial charge in [0.2, 0.25) is 5.43 Å². The lowest BCUT2D eigenvalue weighted by molar-refractivity contribution is 0.102. The zero-order chi connectivity index (χ0) is 21.3. The largest absolute Gasteiger partial charge is 0.341 e. The molecule has 0 unspecified atom stereocenters. The van der Waals surface area contributed by atoms with Gasteiger partial charge in [0.25, 0.3) is 5.91 Å². The number of carbonyl (C=O) groups excluding carboxylic acids is 1. The Balaban J connectivity index is 1.63. The molecule has 0 spiro atoms. The summed E-state index contributed by atoms with van der Waals surface area (Å²) in [6.07, 6.45) is 5.37. The average Bonchev–Trinajstić information content (AvgIpc) is 2.74. The second-order valence-corrected chi connectivity index (χ2v) is 7.51. The number of benzene rings is 2. The van der Waals surface area contributed by atoms with Gasteiger partial charge in [0.1, 0.15) is 5.69 Å². The molecule has 2 aromatic carbocycles. The lowest BCUT2D eigenvalue weighted by atomic mass is 10.1. The van der Waals surface area contributed by atoms with E-state index in [2.05, 4.69) is 11.9 Å². The molecule has 2 heterocycles. The van der Waals surface area contributed by atoms with Crippen LogP contribution in [0.4, 0.5) is 5.69 Å². The summed E-state index contributed by atoms with van der Waals surface area (Å²) in [5.41, 5.74) is 3.45. The minimum atomic E-state index is -0.325. The quantitative estimate of drug-likeness (QED) is 0.651. The predicted molar refractivity (Wildman–Crippen MR) is 121 cm³/mol. The molecular formula is C24H20ClN3O2. The molecule has 5 nitrogen and oxygen atoms in total. The first-order valence-corrected chi connectivity index (χ1v) is 9.82. The maximum Gasteiger partial charge on any atom is 0.255 e. The van der Waals surface area contributed by atoms with Gasteiger partial charge in [-0.2, -0.15) is 0 Å². The van der Waals surface area contributed by atoms with Crippen LogP contribution in [0, 0.1) is 6.92 Å². The summed E-state index contributed by atoms with van der Waals surface area (Å²) in [6, 6.07) is 16.4. The molecule has 0 radical (unpaired) electrons. The highest BCUT2D eigenvalue weighted by Crippen LogP contribution is 2.28. The topological polar surface area (TPSA) is 54.3 Å². The van der Waals surface area contributed by atoms with Crippen molar-refractivity contribution in [2.75, 3.05) is 5.32 Å². The zero-order valence-electron chi connectivity index (χ0n) is 16.4. The van der Waals surface area contributed by atoms with E-state index in [-0.39, 0.29) is 17.0 Å². The Kier molecular flexibility index (Phi) is 5.29. The van der Waals surface area contributed by atoms with Crippen LogP contribution in [0.1, 0.15) is 27.2 Å². The number of anilines is 1. The van der Waals surface area contributed by atoms with Crippen LogP contribution in [0.3, 0.4) is 0 Å². The van der Waals surface area contributed by atoms with Gasteiger partial charge in [-0.15, -0.1) is 0 Å². The van der Waals surface area contributed by atoms with Crippen molar-refractivity contribution in [2.24, 2.45) is 0 Å². The second-order valence-electron chi connectivity index (χ2n) is 7.08. The maximum absolute atomic E-state index is 12.9. The molecule has 1 aliphatic rings. The average molecular weight is 418 g/mol. The lowest BCUT2D eigenvalue weighted by Gasteiger charge is -2.30. The van der Waals surface area contributed by atoms with Gasteiger partial charge in [-0.05, 0) is 36.8 Å². The molecule has 0 aliphatic carbocycles. The fraction of sp³-hybridized carbons (Fsp3) is 0.0833. The van der Waals surface area contributed by atoms with Crippen molar-refractivity contribution in [3.05, 3.63) is 111 Å². The fourth-order valence-corrected chi connectivity index (χ4v) is 3.69. The SMILES string of the molecule is C=C1c2c(C)c(=O)c(NC(=O)c3ccccc3)cn2C=CN1Cc1cccc(Cl)c1. The summed E-state index contributed by atoms with van der Waals surface area (Å²) in [7, 11) is 0. The van der Waals surface area contributed by atoms with E-state index in [1.165, 1.54) is 0 Å². The predicted octanol–water partition coefficient (Wildman–Crippen LogP) is 4.98. The third-order valence-corrected chi connectivity index (χ3v) is 5.26. The van der Waals surface area contributed by atoms with Crippen molar-refractivity contribution in [3.8, 4) is 0 Å². The molecule has 4 rings (SSSR count). The van der Waals surface area contributed by atoms with Gasteiger partial charge >= 0.3 is 0 Å². The van der Waals surface area contributed by atoms with Gasteiger partial charge in [0.05, 0.1) is 11.4 Å². The first-order valence-electron chi connectivity index (χ1n) is 9.45. The number of pyridine rings is 1. The summed E-state index contributed by atoms with van der Waals surface area (Å²) < 4.78 is 1.81. The first-order chi connectivity index (χ1) is 14.4. The third-order valence-electron chi connectivity index (χ3n) is 5.02. The third kappa shape index (κ3) is 3.80. The number of carbonyl (C=O) groups is 1. The number of rotatable bonds is 4. The molecular weight excluding hydrogens is 398 g/mol. The van der Waals surface area contributed by atoms with Crippen molar-refractivity contribution >= 4 is 35.1 Å². The fourth-order valence-electron chi connectivity index (χ4n) is 3.48. The van der Waals surface area contributed by atoms with Gasteiger partial charge in [-0.3, -0.25) is 9.59 Å². The molecule has 1 amide bonds. The van der Waals surface area contributed by atoms with Crippen molar-refractivity contribution in [3.63, 3.8) is 0 Å². The Hall–Kier alpha value is -3.57. The standard InChI is InChI=1S/C24H20ClN3O2/c1-16-22-17(2)27(14-18-7-6-10-20(25)13-18)11-12-28(22)15-21(23(16)29)26-24(30)19-8-4-3-5-9-19/h3-13,15H,2,14H2,1H3,(H,26,30). The van der Waals surface area contributed by atoms with Crippen molar-refractivity contribution in [1.82, 2.24) is 9.47 Å². The number of hydrogen-bond acceptors (Lipinski definition) is 3. The molecule has 150 valence electrons. The van der Waals surface area contributed by atoms with E-state index < -0.39 is 0 Å². The Labute approximate surface area is 179 Å². The molecule has 0 bridgehead atoms. The second kappa shape index (κ2) is 8.05. The molecule has 1 aliphatic heterocycles. The summed E-state index contributed by atoms with van der Waals surface area (Å²) >= 11 is 6.09. The van der Waals surface area contributed by atoms with E-state index in [1.807, 2.05) is 52.2 Å². The van der Waals surface area contributed by atoms with Gasteiger partial charge < -0.3 is 14.8 Å². The van der Waals surface area contributed by atoms with Crippen LogP contribution < -0.4 is 10.7 Å². The molecule has 1 aromatic heterocycles. The number of fused-ring (bicyclic) bond motifs is 1. The van der Waals surface area contributed by atoms with Crippen LogP contribution in [0.25, 0.3) is 11.9 Å². The highest BCUT2D eigenvalue weighted by Gasteiger charge is 2.21. The van der Waals surface area contributed by atoms with Gasteiger partial charge in [0, 0.05) is 41.3 Å². The Morgan fingerprint density at radius 1 is 1.10 bits per heavy atom. The highest BCUT2D eigenvalue weighted by atomic mass is 35.5. The number of hydrogen-bond donors (Lipinski definition) is 1. The minimum absolute atomic E-state index is 0.228. The molecule has 0 saturated carbocycles. The van der Waals surface area contributed by atoms with Crippen LogP contribution >= 0.6 is 11.6 Å². The van der Waals surface area contributed by atoms with E-state index in [4.69, 9.17) is 11.6 Å². The molecule has 3 aromatic rings. The number of halogens is 1. The van der Waals surface area contributed by atoms with Gasteiger partial charge in [0.15, 0.2) is 0 Å². The highest BCUT2D eigenvalue weighted by molar-refractivity contribution is 6.30. The molecule has 0 atom stereocenters. The van der Waals surface area contributed by atoms with E-state index in [1.54, 1.807) is 37.4 Å². The van der Waals surface area contributed by atoms with E-state index in [9.17, 15) is 9.59 Å². The van der Waals surface area contributed by atoms with Crippen molar-refractivity contribution in [2.45, 2.75) is 13.5 Å². The molecule has 30 heavy (non-hydrogen) atoms. The Bertz CT molecular complexity index is 1230. The number of nitrogens with zero attached hydrogens (tertiary/aromatic N) is 2. The number of nitrogens with one attached hydrogen (secondary N) is 1. The normalized spacial score (nSPS) is 12.6. The summed E-state index contributed by atoms with van der Waals surface area (Å²) in [5, 5.41) is 3.40. The lowest BCUT2D eigenvalue weighted by Crippen LogP contribution is -2.27. The Morgan fingerprint density at radius 3 is 2.60 bits per heavy atom.